The Bertz CT molecular complexity index is 4970. The number of methoxy groups -OCH3 is 11. The first-order valence-electron chi connectivity index (χ1n) is 39.8. The highest BCUT2D eigenvalue weighted by molar-refractivity contribution is 5.80. The fraction of sp³-hybridized carbons (Fsp3) is 0.376. The van der Waals surface area contributed by atoms with Gasteiger partial charge in [0.1, 0.15) is 138 Å². The van der Waals surface area contributed by atoms with Crippen LogP contribution in [0.5, 0.6) is 86.2 Å². The van der Waals surface area contributed by atoms with Gasteiger partial charge in [0.15, 0.2) is 46.0 Å². The van der Waals surface area contributed by atoms with E-state index in [1.165, 1.54) is 56.9 Å². The Labute approximate surface area is 738 Å². The van der Waals surface area contributed by atoms with Gasteiger partial charge in [-0.1, -0.05) is 109 Å². The summed E-state index contributed by atoms with van der Waals surface area (Å²) in [6.07, 6.45) is -8.56. The van der Waals surface area contributed by atoms with Crippen molar-refractivity contribution in [2.24, 2.45) is 0 Å². The molecule has 0 bridgehead atoms. The van der Waals surface area contributed by atoms with Crippen LogP contribution < -0.4 is 71.1 Å². The van der Waals surface area contributed by atoms with Crippen LogP contribution in [-0.4, -0.2) is 309 Å². The van der Waals surface area contributed by atoms with Crippen LogP contribution in [0.2, 0.25) is 0 Å². The Morgan fingerprint density at radius 2 is 0.539 bits per heavy atom. The van der Waals surface area contributed by atoms with Crippen molar-refractivity contribution in [3.63, 3.8) is 0 Å². The molecule has 20 atom stereocenters. The number of hydrogen-bond acceptors (Lipinski definition) is 35. The largest absolute Gasteiger partial charge is 0.497 e. The van der Waals surface area contributed by atoms with Crippen LogP contribution in [0.1, 0.15) is 50.1 Å². The Hall–Kier alpha value is -11.5. The minimum Gasteiger partial charge on any atom is -0.497 e. The molecule has 12 rings (SSSR count). The Balaban J connectivity index is 0.000000193. The maximum atomic E-state index is 10.4. The number of aliphatic hydroxyl groups is 16. The second-order valence-electron chi connectivity index (χ2n) is 28.6. The molecule has 128 heavy (non-hydrogen) atoms. The third kappa shape index (κ3) is 25.3. The van der Waals surface area contributed by atoms with Gasteiger partial charge in [0, 0.05) is 57.6 Å². The van der Waals surface area contributed by atoms with E-state index in [1.807, 2.05) is 121 Å². The first-order valence-corrected chi connectivity index (χ1v) is 39.8. The molecule has 4 fully saturated rings. The van der Waals surface area contributed by atoms with Gasteiger partial charge in [-0.2, -0.15) is 0 Å². The van der Waals surface area contributed by atoms with Crippen LogP contribution >= 0.6 is 0 Å². The van der Waals surface area contributed by atoms with Gasteiger partial charge in [0.2, 0.25) is 25.2 Å². The fourth-order valence-electron chi connectivity index (χ4n) is 13.3. The molecule has 8 aromatic carbocycles. The van der Waals surface area contributed by atoms with E-state index < -0.39 is 149 Å². The van der Waals surface area contributed by atoms with Crippen molar-refractivity contribution in [2.75, 3.05) is 105 Å². The van der Waals surface area contributed by atoms with E-state index in [2.05, 4.69) is 5.92 Å². The molecule has 0 aromatic heterocycles. The van der Waals surface area contributed by atoms with E-state index in [4.69, 9.17) is 96.4 Å². The van der Waals surface area contributed by atoms with Gasteiger partial charge in [-0.15, -0.1) is 6.42 Å². The minimum absolute atomic E-state index is 0.212. The number of rotatable bonds is 31. The molecule has 0 spiro atoms. The average Bonchev–Trinajstić information content (AvgIpc) is 0.802. The van der Waals surface area contributed by atoms with Crippen molar-refractivity contribution in [2.45, 2.75) is 123 Å². The third-order valence-electron chi connectivity index (χ3n) is 20.6. The molecule has 4 saturated heterocycles. The van der Waals surface area contributed by atoms with Crippen molar-refractivity contribution >= 4 is 48.6 Å². The summed E-state index contributed by atoms with van der Waals surface area (Å²) in [7, 11) is 16.6. The van der Waals surface area contributed by atoms with Crippen LogP contribution in [0.25, 0.3) is 48.6 Å². The van der Waals surface area contributed by atoms with Crippen molar-refractivity contribution in [1.29, 1.82) is 0 Å². The maximum absolute atomic E-state index is 10.4. The maximum Gasteiger partial charge on any atom is 0.229 e. The molecular formula is C93H110O35. The van der Waals surface area contributed by atoms with Gasteiger partial charge in [-0.05, 0) is 83.4 Å². The molecule has 8 aromatic rings. The van der Waals surface area contributed by atoms with Crippen LogP contribution in [0.15, 0.2) is 146 Å². The normalized spacial score (nSPS) is 25.5. The Morgan fingerprint density at radius 3 is 0.828 bits per heavy atom. The highest BCUT2D eigenvalue weighted by atomic mass is 16.7. The van der Waals surface area contributed by atoms with Crippen LogP contribution in [0.3, 0.4) is 0 Å². The van der Waals surface area contributed by atoms with E-state index in [1.54, 1.807) is 94.2 Å². The number of benzene rings is 8. The molecule has 0 amide bonds. The number of ether oxygens (including phenoxy) is 19. The van der Waals surface area contributed by atoms with Gasteiger partial charge >= 0.3 is 0 Å². The lowest BCUT2D eigenvalue weighted by Crippen LogP contribution is -2.60. The molecule has 4 aliphatic heterocycles. The fourth-order valence-corrected chi connectivity index (χ4v) is 13.3. The van der Waals surface area contributed by atoms with E-state index in [0.717, 1.165) is 33.6 Å². The van der Waals surface area contributed by atoms with E-state index >= 15 is 0 Å². The number of aliphatic hydroxyl groups excluding tert-OH is 16. The summed E-state index contributed by atoms with van der Waals surface area (Å²) < 4.78 is 104. The molecule has 0 aliphatic carbocycles. The zero-order chi connectivity index (χ0) is 93.0. The van der Waals surface area contributed by atoms with Crippen molar-refractivity contribution < 1.29 is 172 Å². The Morgan fingerprint density at radius 1 is 0.258 bits per heavy atom. The van der Waals surface area contributed by atoms with Gasteiger partial charge in [-0.25, -0.2) is 0 Å². The van der Waals surface area contributed by atoms with Gasteiger partial charge in [0.05, 0.1) is 105 Å². The molecule has 4 unspecified atom stereocenters. The van der Waals surface area contributed by atoms with E-state index in [9.17, 15) is 81.7 Å². The van der Waals surface area contributed by atoms with Gasteiger partial charge in [0.25, 0.3) is 0 Å². The summed E-state index contributed by atoms with van der Waals surface area (Å²) in [6.45, 7) is -2.25. The molecule has 16 N–H and O–H groups in total. The quantitative estimate of drug-likeness (QED) is 0.0214. The lowest BCUT2D eigenvalue weighted by Gasteiger charge is -2.39. The number of terminal acetylenes is 1. The predicted octanol–water partition coefficient (Wildman–Crippen LogP) is 4.22. The number of hydrogen-bond donors (Lipinski definition) is 16. The topological polar surface area (TPSA) is 499 Å². The number of para-hydroxylation sites is 1. The molecule has 35 nitrogen and oxygen atoms in total. The SMILES string of the molecule is C#Cc1ccc(/C=C/c2cc(OC)cc(OC)c2OC2O[C@H](CO)[C@@H](O)[C@H](O)[C@H]2O)cc1.COc1cc(/C=C/c2ccccc2OC)c(OC2O[C@H](CO)[C@@H](O)[C@H](O)[C@H]2O)c(OC)c1.COc1ccc(/C=C/c2cc(OC)cc(OC)c2OC2O[C@H](CO)[C@@H](O)[C@H](O)[C@H]2O)cc1.COc1cccc(/C=C/c2cc(OC)cc(OC)c2OC2O[C@H](CO)[C@@H](O)[C@H](O)[C@H]2O)c1. The first kappa shape index (κ1) is 100. The van der Waals surface area contributed by atoms with Gasteiger partial charge in [-0.3, -0.25) is 0 Å². The molecule has 35 heteroatoms. The summed E-state index contributed by atoms with van der Waals surface area (Å²) >= 11 is 0. The van der Waals surface area contributed by atoms with Crippen molar-refractivity contribution in [3.05, 3.63) is 196 Å². The highest BCUT2D eigenvalue weighted by Gasteiger charge is 2.49. The van der Waals surface area contributed by atoms with Crippen molar-refractivity contribution in [1.82, 2.24) is 0 Å². The second-order valence-corrected chi connectivity index (χ2v) is 28.6. The van der Waals surface area contributed by atoms with Crippen LogP contribution in [0.4, 0.5) is 0 Å². The monoisotopic (exact) mass is 1790 g/mol. The summed E-state index contributed by atoms with van der Waals surface area (Å²) in [5.74, 6) is 8.76. The smallest absolute Gasteiger partial charge is 0.229 e. The summed E-state index contributed by atoms with van der Waals surface area (Å²) in [6, 6.07) is 42.9. The zero-order valence-corrected chi connectivity index (χ0v) is 71.8. The zero-order valence-electron chi connectivity index (χ0n) is 71.8. The third-order valence-corrected chi connectivity index (χ3v) is 20.6. The average molecular weight is 1790 g/mol. The van der Waals surface area contributed by atoms with Crippen LogP contribution in [0, 0.1) is 12.3 Å². The predicted molar refractivity (Wildman–Crippen MR) is 465 cm³/mol. The lowest BCUT2D eigenvalue weighted by molar-refractivity contribution is -0.277. The summed E-state index contributed by atoms with van der Waals surface area (Å²) in [4.78, 5) is 0. The van der Waals surface area contributed by atoms with Crippen LogP contribution in [-0.2, 0) is 18.9 Å². The summed E-state index contributed by atoms with van der Waals surface area (Å²) in [5.41, 5.74) is 6.38. The van der Waals surface area contributed by atoms with Gasteiger partial charge < -0.3 is 172 Å². The second kappa shape index (κ2) is 48.6. The summed E-state index contributed by atoms with van der Waals surface area (Å²) in [5, 5.41) is 159. The molecule has 4 aliphatic rings. The molecule has 692 valence electrons. The lowest BCUT2D eigenvalue weighted by atomic mass is 9.99. The van der Waals surface area contributed by atoms with Crippen molar-refractivity contribution in [3.8, 4) is 98.6 Å². The first-order chi connectivity index (χ1) is 61.7. The minimum atomic E-state index is -1.57. The molecule has 4 heterocycles. The molecular weight excluding hydrogens is 1680 g/mol. The Kier molecular flexibility index (Phi) is 38.1. The highest BCUT2D eigenvalue weighted by Crippen LogP contribution is 2.45. The molecule has 0 radical (unpaired) electrons. The standard InChI is InChI=1S/C24H26O8.3C23H28O9/c1-4-14-5-7-15(8-6-14)9-10-16-11-17(29-2)12-18(30-3)23(16)32-24-22(28)21(27)20(26)19(13-25)31-24;1-28-15-8-5-13(6-9-15)4-7-14-10-16(29-2)11-17(30-3)22(14)32-23-21(27)20(26)19(25)18(12-24)31-23;1-28-15-6-4-5-13(9-15)7-8-14-10-16(29-2)11-17(30-3)22(14)32-23-21(27)20(26)19(25)18(12-24)31-23;1-28-15-10-14(9-8-13-6-4-5-7-16(13)29-2)22(17(11-15)30-3)32-23-21(27)20(26)19(25)18(12-24)31-23/h1,5-12,19-22,24-28H,13H2,2-3H3;3*4-11,18-21,23-27H,12H2,1-3H3/b10-9+;7-4+;8-7+;9-8+/t19-,20-,21+,22-,24?;3*18-,19-,20+,21-,23?/m1111/s1. The molecule has 0 saturated carbocycles. The van der Waals surface area contributed by atoms with E-state index in [-0.39, 0.29) is 23.0 Å². The van der Waals surface area contributed by atoms with E-state index in [0.29, 0.717) is 79.7 Å².